The van der Waals surface area contributed by atoms with Gasteiger partial charge in [0.15, 0.2) is 29.8 Å². The van der Waals surface area contributed by atoms with Crippen molar-refractivity contribution in [3.05, 3.63) is 12.7 Å². The van der Waals surface area contributed by atoms with Gasteiger partial charge in [0.1, 0.15) is 36.9 Å². The van der Waals surface area contributed by atoms with Crippen molar-refractivity contribution in [1.29, 1.82) is 0 Å². The molecule has 278 valence electrons. The topological polar surface area (TPSA) is 299 Å². The molecular formula is C25H35N5O17P2S. The standard InChI is InChI=1S/C25H35N5O17P2S/c1-11(31)39-8-16(41-12(2)32)20-21(42-13(3)33)19(35)22(43-14(4)34)25(45-20)46-48(36,37)47-49(38,50)40-7-15-5-6-17(44-15)30-10-29-18-23(26)27-9-28-24(18)30/h9-10,15-17,19-22,25,35H,5-8H2,1-4H3,(H,36,37)(H,38,50)(H2,26,27,28)/t15-,16-,17+,19?,20?,21?,22?,25?,49?/m0/s1. The molecule has 10 atom stereocenters. The number of hydrogen-bond donors (Lipinski definition) is 4. The van der Waals surface area contributed by atoms with Gasteiger partial charge in [0.25, 0.3) is 0 Å². The fraction of sp³-hybridized carbons (Fsp3) is 0.640. The fourth-order valence-corrected chi connectivity index (χ4v) is 8.18. The number of aliphatic hydroxyl groups excluding tert-OH is 1. The number of phosphoric acid groups is 1. The Labute approximate surface area is 288 Å². The first-order chi connectivity index (χ1) is 23.4. The van der Waals surface area contributed by atoms with Crippen molar-refractivity contribution in [3.8, 4) is 0 Å². The molecule has 50 heavy (non-hydrogen) atoms. The first-order valence-corrected chi connectivity index (χ1v) is 18.7. The number of esters is 4. The molecule has 2 saturated heterocycles. The average Bonchev–Trinajstić information content (AvgIpc) is 3.64. The number of ether oxygens (including phenoxy) is 6. The number of anilines is 1. The molecule has 0 radical (unpaired) electrons. The number of carbonyl (C=O) groups is 4. The van der Waals surface area contributed by atoms with Crippen molar-refractivity contribution in [1.82, 2.24) is 19.5 Å². The van der Waals surface area contributed by atoms with Crippen molar-refractivity contribution >= 4 is 67.2 Å². The van der Waals surface area contributed by atoms with Crippen LogP contribution in [0.15, 0.2) is 12.7 Å². The summed E-state index contributed by atoms with van der Waals surface area (Å²) >= 11 is 4.91. The average molecular weight is 772 g/mol. The monoisotopic (exact) mass is 771 g/mol. The Kier molecular flexibility index (Phi) is 13.0. The number of nitrogens with two attached hydrogens (primary N) is 1. The summed E-state index contributed by atoms with van der Waals surface area (Å²) in [4.78, 5) is 80.7. The zero-order valence-corrected chi connectivity index (χ0v) is 29.4. The number of nitrogen functional groups attached to an aromatic ring is 1. The molecule has 0 saturated carbocycles. The lowest BCUT2D eigenvalue weighted by Gasteiger charge is -2.44. The van der Waals surface area contributed by atoms with Crippen LogP contribution in [0.1, 0.15) is 46.8 Å². The molecule has 0 bridgehead atoms. The SMILES string of the molecule is CC(=O)OC[C@H](OC(C)=O)C1OC(OP(=O)(O)OP(O)(=S)OC[C@@H]2CC[C@H](n3cnc4c(N)ncnc43)O2)C(OC(C)=O)C(O)C1OC(C)=O. The van der Waals surface area contributed by atoms with Crippen molar-refractivity contribution in [3.63, 3.8) is 0 Å². The Morgan fingerprint density at radius 3 is 2.34 bits per heavy atom. The lowest BCUT2D eigenvalue weighted by atomic mass is 9.95. The van der Waals surface area contributed by atoms with Gasteiger partial charge in [0.05, 0.1) is 19.0 Å². The van der Waals surface area contributed by atoms with Crippen LogP contribution in [0.5, 0.6) is 0 Å². The summed E-state index contributed by atoms with van der Waals surface area (Å²) in [5, 5.41) is 11.1. The fourth-order valence-electron chi connectivity index (χ4n) is 5.07. The second kappa shape index (κ2) is 16.4. The third-order valence-corrected chi connectivity index (χ3v) is 10.5. The number of nitrogens with zero attached hydrogens (tertiary/aromatic N) is 4. The van der Waals surface area contributed by atoms with Gasteiger partial charge < -0.3 is 53.6 Å². The Balaban J connectivity index is 1.46. The van der Waals surface area contributed by atoms with E-state index in [9.17, 15) is 38.6 Å². The van der Waals surface area contributed by atoms with E-state index >= 15 is 0 Å². The van der Waals surface area contributed by atoms with Crippen LogP contribution in [0.2, 0.25) is 0 Å². The minimum atomic E-state index is -5.53. The molecular weight excluding hydrogens is 736 g/mol. The van der Waals surface area contributed by atoms with Gasteiger partial charge in [-0.3, -0.25) is 28.3 Å². The van der Waals surface area contributed by atoms with Crippen LogP contribution in [0, 0.1) is 0 Å². The Hall–Kier alpha value is -3.21. The highest BCUT2D eigenvalue weighted by molar-refractivity contribution is 8.08. The summed E-state index contributed by atoms with van der Waals surface area (Å²) in [6, 6.07) is 0. The lowest BCUT2D eigenvalue weighted by Crippen LogP contribution is -2.64. The first kappa shape index (κ1) is 39.6. The van der Waals surface area contributed by atoms with Gasteiger partial charge in [-0.1, -0.05) is 0 Å². The lowest BCUT2D eigenvalue weighted by molar-refractivity contribution is -0.299. The van der Waals surface area contributed by atoms with Gasteiger partial charge in [-0.15, -0.1) is 0 Å². The molecule has 22 nitrogen and oxygen atoms in total. The van der Waals surface area contributed by atoms with Gasteiger partial charge in [-0.05, 0) is 24.6 Å². The molecule has 25 heteroatoms. The highest BCUT2D eigenvalue weighted by Crippen LogP contribution is 2.62. The zero-order valence-electron chi connectivity index (χ0n) is 26.8. The predicted molar refractivity (Wildman–Crippen MR) is 165 cm³/mol. The molecule has 0 spiro atoms. The van der Waals surface area contributed by atoms with Crippen LogP contribution in [-0.2, 0) is 77.3 Å². The second-order valence-corrected chi connectivity index (χ2v) is 15.2. The molecule has 2 aliphatic rings. The number of carbonyl (C=O) groups excluding carboxylic acids is 4. The number of aromatic nitrogens is 4. The Morgan fingerprint density at radius 1 is 1.02 bits per heavy atom. The Bertz CT molecular complexity index is 1680. The normalized spacial score (nSPS) is 28.2. The van der Waals surface area contributed by atoms with E-state index in [0.717, 1.165) is 27.7 Å². The van der Waals surface area contributed by atoms with Crippen molar-refractivity contribution < 1.29 is 80.4 Å². The van der Waals surface area contributed by atoms with E-state index in [0.29, 0.717) is 24.0 Å². The molecule has 0 aromatic carbocycles. The molecule has 2 fully saturated rings. The van der Waals surface area contributed by atoms with Crippen LogP contribution >= 0.6 is 14.5 Å². The smallest absolute Gasteiger partial charge is 0.462 e. The molecule has 0 aliphatic carbocycles. The molecule has 4 rings (SSSR count). The highest BCUT2D eigenvalue weighted by Gasteiger charge is 2.55. The molecule has 0 amide bonds. The summed E-state index contributed by atoms with van der Waals surface area (Å²) in [7, 11) is -5.53. The quantitative estimate of drug-likeness (QED) is 0.111. The number of hydrogen-bond acceptors (Lipinski definition) is 20. The largest absolute Gasteiger partial charge is 0.481 e. The van der Waals surface area contributed by atoms with E-state index in [1.807, 2.05) is 0 Å². The molecule has 2 aromatic rings. The second-order valence-electron chi connectivity index (χ2n) is 10.9. The van der Waals surface area contributed by atoms with Gasteiger partial charge in [0.2, 0.25) is 6.29 Å². The van der Waals surface area contributed by atoms with E-state index in [1.54, 1.807) is 4.57 Å². The van der Waals surface area contributed by atoms with E-state index < -0.39 is 101 Å². The summed E-state index contributed by atoms with van der Waals surface area (Å²) in [5.41, 5.74) is 6.63. The minimum absolute atomic E-state index is 0.179. The number of phosphoric ester groups is 1. The van der Waals surface area contributed by atoms with Crippen molar-refractivity contribution in [2.75, 3.05) is 18.9 Å². The van der Waals surface area contributed by atoms with Crippen LogP contribution in [0.3, 0.4) is 0 Å². The molecule has 4 heterocycles. The number of rotatable bonds is 14. The number of aliphatic hydroxyl groups is 1. The third-order valence-electron chi connectivity index (χ3n) is 6.94. The van der Waals surface area contributed by atoms with Crippen LogP contribution < -0.4 is 5.73 Å². The van der Waals surface area contributed by atoms with Crippen molar-refractivity contribution in [2.24, 2.45) is 0 Å². The van der Waals surface area contributed by atoms with Gasteiger partial charge in [-0.2, -0.15) is 0 Å². The van der Waals surface area contributed by atoms with Crippen LogP contribution in [0.25, 0.3) is 11.2 Å². The molecule has 2 aromatic heterocycles. The number of fused-ring (bicyclic) bond motifs is 1. The summed E-state index contributed by atoms with van der Waals surface area (Å²) < 4.78 is 61.7. The molecule has 5 N–H and O–H groups in total. The van der Waals surface area contributed by atoms with E-state index in [4.69, 9.17) is 59.3 Å². The molecule has 7 unspecified atom stereocenters. The van der Waals surface area contributed by atoms with Crippen LogP contribution in [-0.4, -0.2) is 114 Å². The number of imidazole rings is 1. The predicted octanol–water partition coefficient (Wildman–Crippen LogP) is -0.103. The van der Waals surface area contributed by atoms with Gasteiger partial charge in [0, 0.05) is 27.7 Å². The zero-order chi connectivity index (χ0) is 37.0. The van der Waals surface area contributed by atoms with E-state index in [-0.39, 0.29) is 5.82 Å². The Morgan fingerprint density at radius 2 is 1.70 bits per heavy atom. The summed E-state index contributed by atoms with van der Waals surface area (Å²) in [5.74, 6) is -3.57. The maximum absolute atomic E-state index is 13.1. The van der Waals surface area contributed by atoms with Crippen molar-refractivity contribution in [2.45, 2.75) is 89.7 Å². The minimum Gasteiger partial charge on any atom is -0.462 e. The third kappa shape index (κ3) is 10.4. The van der Waals surface area contributed by atoms with Gasteiger partial charge in [-0.25, -0.2) is 23.8 Å². The highest BCUT2D eigenvalue weighted by atomic mass is 32.5. The summed E-state index contributed by atoms with van der Waals surface area (Å²) in [6.07, 6.45) is -9.04. The van der Waals surface area contributed by atoms with E-state index in [1.165, 1.54) is 12.7 Å². The maximum atomic E-state index is 13.1. The van der Waals surface area contributed by atoms with Crippen LogP contribution in [0.4, 0.5) is 5.82 Å². The maximum Gasteiger partial charge on any atom is 0.481 e. The first-order valence-electron chi connectivity index (χ1n) is 14.6. The van der Waals surface area contributed by atoms with E-state index in [2.05, 4.69) is 15.0 Å². The molecule has 2 aliphatic heterocycles. The summed E-state index contributed by atoms with van der Waals surface area (Å²) in [6.45, 7) is -1.77. The van der Waals surface area contributed by atoms with Gasteiger partial charge >= 0.3 is 38.4 Å².